The van der Waals surface area contributed by atoms with Gasteiger partial charge in [-0.05, 0) is 50.3 Å². The van der Waals surface area contributed by atoms with E-state index in [4.69, 9.17) is 0 Å². The third-order valence-corrected chi connectivity index (χ3v) is 4.70. The van der Waals surface area contributed by atoms with Crippen molar-refractivity contribution in [3.05, 3.63) is 34.9 Å². The maximum Gasteiger partial charge on any atom is 0.223 e. The maximum atomic E-state index is 12.4. The zero-order valence-corrected chi connectivity index (χ0v) is 14.0. The molecule has 4 nitrogen and oxygen atoms in total. The van der Waals surface area contributed by atoms with Crippen molar-refractivity contribution in [2.24, 2.45) is 5.92 Å². The second-order valence-electron chi connectivity index (χ2n) is 6.35. The van der Waals surface area contributed by atoms with Gasteiger partial charge >= 0.3 is 0 Å². The highest BCUT2D eigenvalue weighted by molar-refractivity contribution is 5.80. The fourth-order valence-corrected chi connectivity index (χ4v) is 2.91. The molecule has 1 fully saturated rings. The van der Waals surface area contributed by atoms with Crippen LogP contribution < -0.4 is 5.32 Å². The maximum absolute atomic E-state index is 12.4. The van der Waals surface area contributed by atoms with Gasteiger partial charge in [0.15, 0.2) is 0 Å². The number of hydrogen-bond donors (Lipinski definition) is 1. The van der Waals surface area contributed by atoms with Crippen molar-refractivity contribution in [2.45, 2.75) is 46.6 Å². The lowest BCUT2D eigenvalue weighted by Gasteiger charge is -2.31. The van der Waals surface area contributed by atoms with Crippen LogP contribution in [0.4, 0.5) is 0 Å². The van der Waals surface area contributed by atoms with Gasteiger partial charge in [-0.25, -0.2) is 0 Å². The molecule has 2 amide bonds. The number of nitrogens with one attached hydrogen (secondary N) is 1. The van der Waals surface area contributed by atoms with Gasteiger partial charge in [0.1, 0.15) is 0 Å². The first kappa shape index (κ1) is 16.5. The van der Waals surface area contributed by atoms with E-state index in [-0.39, 0.29) is 23.8 Å². The molecule has 1 atom stereocenters. The summed E-state index contributed by atoms with van der Waals surface area (Å²) in [5.41, 5.74) is 3.64. The number of rotatable bonds is 3. The van der Waals surface area contributed by atoms with Gasteiger partial charge in [-0.15, -0.1) is 0 Å². The summed E-state index contributed by atoms with van der Waals surface area (Å²) in [6.07, 6.45) is 1.51. The molecule has 0 aromatic heterocycles. The highest BCUT2D eigenvalue weighted by Gasteiger charge is 2.26. The van der Waals surface area contributed by atoms with Gasteiger partial charge in [0.2, 0.25) is 11.8 Å². The third kappa shape index (κ3) is 3.87. The highest BCUT2D eigenvalue weighted by atomic mass is 16.2. The number of nitrogens with zero attached hydrogens (tertiary/aromatic N) is 1. The zero-order valence-electron chi connectivity index (χ0n) is 14.0. The summed E-state index contributed by atoms with van der Waals surface area (Å²) in [6, 6.07) is 6.32. The summed E-state index contributed by atoms with van der Waals surface area (Å²) in [7, 11) is 0. The Kier molecular flexibility index (Phi) is 5.22. The van der Waals surface area contributed by atoms with Crippen LogP contribution in [0.15, 0.2) is 18.2 Å². The van der Waals surface area contributed by atoms with E-state index in [1.165, 1.54) is 11.1 Å². The van der Waals surface area contributed by atoms with Gasteiger partial charge in [-0.3, -0.25) is 9.59 Å². The zero-order chi connectivity index (χ0) is 16.3. The lowest BCUT2D eigenvalue weighted by atomic mass is 9.95. The van der Waals surface area contributed by atoms with Crippen LogP contribution in [-0.4, -0.2) is 29.8 Å². The van der Waals surface area contributed by atoms with E-state index in [0.717, 1.165) is 18.4 Å². The molecule has 1 unspecified atom stereocenters. The molecule has 1 heterocycles. The number of amides is 2. The molecule has 1 aromatic rings. The number of likely N-dealkylation sites (tertiary alicyclic amines) is 1. The molecule has 1 aliphatic heterocycles. The van der Waals surface area contributed by atoms with Crippen LogP contribution in [0.1, 0.15) is 49.4 Å². The Balaban J connectivity index is 1.91. The van der Waals surface area contributed by atoms with Gasteiger partial charge in [-0.1, -0.05) is 18.2 Å². The predicted octanol–water partition coefficient (Wildman–Crippen LogP) is 2.74. The SMILES string of the molecule is CC(=O)N1CCC(C(=O)NC(C)c2ccc(C)c(C)c2)CC1. The van der Waals surface area contributed by atoms with Crippen molar-refractivity contribution in [1.82, 2.24) is 10.2 Å². The standard InChI is InChI=1S/C18H26N2O2/c1-12-5-6-17(11-13(12)2)14(3)19-18(22)16-7-9-20(10-8-16)15(4)21/h5-6,11,14,16H,7-10H2,1-4H3,(H,19,22). The van der Waals surface area contributed by atoms with Gasteiger partial charge in [0.25, 0.3) is 0 Å². The van der Waals surface area contributed by atoms with Gasteiger partial charge in [-0.2, -0.15) is 0 Å². The van der Waals surface area contributed by atoms with Crippen LogP contribution in [0.5, 0.6) is 0 Å². The summed E-state index contributed by atoms with van der Waals surface area (Å²) in [5.74, 6) is 0.223. The first-order valence-corrected chi connectivity index (χ1v) is 8.01. The number of piperidine rings is 1. The Bertz CT molecular complexity index is 560. The minimum atomic E-state index is 0.0117. The fourth-order valence-electron chi connectivity index (χ4n) is 2.91. The lowest BCUT2D eigenvalue weighted by molar-refractivity contribution is -0.134. The number of carbonyl (C=O) groups excluding carboxylic acids is 2. The van der Waals surface area contributed by atoms with E-state index in [9.17, 15) is 9.59 Å². The second-order valence-corrected chi connectivity index (χ2v) is 6.35. The van der Waals surface area contributed by atoms with Crippen LogP contribution in [0, 0.1) is 19.8 Å². The molecule has 1 saturated heterocycles. The number of carbonyl (C=O) groups is 2. The third-order valence-electron chi connectivity index (χ3n) is 4.70. The molecular weight excluding hydrogens is 276 g/mol. The van der Waals surface area contributed by atoms with E-state index in [1.54, 1.807) is 6.92 Å². The van der Waals surface area contributed by atoms with Crippen molar-refractivity contribution in [2.75, 3.05) is 13.1 Å². The molecule has 0 aliphatic carbocycles. The van der Waals surface area contributed by atoms with Crippen molar-refractivity contribution < 1.29 is 9.59 Å². The topological polar surface area (TPSA) is 49.4 Å². The van der Waals surface area contributed by atoms with E-state index in [0.29, 0.717) is 13.1 Å². The molecular formula is C18H26N2O2. The number of aryl methyl sites for hydroxylation is 2. The molecule has 0 saturated carbocycles. The Morgan fingerprint density at radius 2 is 1.82 bits per heavy atom. The van der Waals surface area contributed by atoms with Gasteiger partial charge in [0.05, 0.1) is 6.04 Å². The lowest BCUT2D eigenvalue weighted by Crippen LogP contribution is -2.42. The minimum Gasteiger partial charge on any atom is -0.349 e. The Hall–Kier alpha value is -1.84. The second kappa shape index (κ2) is 6.95. The van der Waals surface area contributed by atoms with Crippen molar-refractivity contribution >= 4 is 11.8 Å². The van der Waals surface area contributed by atoms with E-state index >= 15 is 0 Å². The number of benzene rings is 1. The molecule has 4 heteroatoms. The molecule has 0 bridgehead atoms. The van der Waals surface area contributed by atoms with Crippen LogP contribution in [0.25, 0.3) is 0 Å². The Labute approximate surface area is 132 Å². The summed E-state index contributed by atoms with van der Waals surface area (Å²) >= 11 is 0. The van der Waals surface area contributed by atoms with Gasteiger partial charge < -0.3 is 10.2 Å². The highest BCUT2D eigenvalue weighted by Crippen LogP contribution is 2.21. The van der Waals surface area contributed by atoms with Crippen LogP contribution in [-0.2, 0) is 9.59 Å². The predicted molar refractivity (Wildman–Crippen MR) is 87.5 cm³/mol. The fraction of sp³-hybridized carbons (Fsp3) is 0.556. The monoisotopic (exact) mass is 302 g/mol. The molecule has 120 valence electrons. The minimum absolute atomic E-state index is 0.0117. The molecule has 0 radical (unpaired) electrons. The van der Waals surface area contributed by atoms with Crippen LogP contribution in [0.3, 0.4) is 0 Å². The average Bonchev–Trinajstić information content (AvgIpc) is 2.50. The molecule has 1 aliphatic rings. The molecule has 1 N–H and O–H groups in total. The average molecular weight is 302 g/mol. The van der Waals surface area contributed by atoms with Crippen molar-refractivity contribution in [1.29, 1.82) is 0 Å². The summed E-state index contributed by atoms with van der Waals surface area (Å²) in [5, 5.41) is 3.11. The smallest absolute Gasteiger partial charge is 0.223 e. The molecule has 1 aromatic carbocycles. The van der Waals surface area contributed by atoms with E-state index in [2.05, 4.69) is 37.4 Å². The largest absolute Gasteiger partial charge is 0.349 e. The molecule has 0 spiro atoms. The first-order chi connectivity index (χ1) is 10.4. The van der Waals surface area contributed by atoms with E-state index < -0.39 is 0 Å². The van der Waals surface area contributed by atoms with Crippen molar-refractivity contribution in [3.8, 4) is 0 Å². The van der Waals surface area contributed by atoms with E-state index in [1.807, 2.05) is 11.8 Å². The molecule has 22 heavy (non-hydrogen) atoms. The first-order valence-electron chi connectivity index (χ1n) is 8.01. The molecule has 2 rings (SSSR count). The summed E-state index contributed by atoms with van der Waals surface area (Å²) in [6.45, 7) is 9.15. The van der Waals surface area contributed by atoms with Gasteiger partial charge in [0, 0.05) is 25.9 Å². The number of hydrogen-bond acceptors (Lipinski definition) is 2. The Morgan fingerprint density at radius 3 is 2.36 bits per heavy atom. The Morgan fingerprint density at radius 1 is 1.18 bits per heavy atom. The quantitative estimate of drug-likeness (QED) is 0.933. The summed E-state index contributed by atoms with van der Waals surface area (Å²) < 4.78 is 0. The normalized spacial score (nSPS) is 17.2. The summed E-state index contributed by atoms with van der Waals surface area (Å²) in [4.78, 5) is 25.5. The van der Waals surface area contributed by atoms with Crippen LogP contribution in [0.2, 0.25) is 0 Å². The van der Waals surface area contributed by atoms with Crippen molar-refractivity contribution in [3.63, 3.8) is 0 Å². The van der Waals surface area contributed by atoms with Crippen LogP contribution >= 0.6 is 0 Å².